The van der Waals surface area contributed by atoms with E-state index < -0.39 is 0 Å². The molecule has 1 unspecified atom stereocenters. The maximum Gasteiger partial charge on any atom is 0.0791 e. The molecule has 0 aromatic heterocycles. The molecule has 106 valence electrons. The minimum Gasteiger partial charge on any atom is -0.390 e. The van der Waals surface area contributed by atoms with E-state index >= 15 is 0 Å². The van der Waals surface area contributed by atoms with Gasteiger partial charge in [0, 0.05) is 13.1 Å². The lowest BCUT2D eigenvalue weighted by molar-refractivity contribution is 0.120. The first-order valence-electron chi connectivity index (χ1n) is 7.53. The molecule has 0 aromatic carbocycles. The van der Waals surface area contributed by atoms with Crippen molar-refractivity contribution in [1.82, 2.24) is 15.1 Å². The summed E-state index contributed by atoms with van der Waals surface area (Å²) in [6, 6.07) is 0. The first-order chi connectivity index (χ1) is 8.74. The van der Waals surface area contributed by atoms with Crippen molar-refractivity contribution in [2.75, 3.05) is 52.9 Å². The Labute approximate surface area is 111 Å². The van der Waals surface area contributed by atoms with E-state index in [1.54, 1.807) is 0 Å². The van der Waals surface area contributed by atoms with Gasteiger partial charge in [-0.2, -0.15) is 0 Å². The molecular formula is C14H29N3O. The summed E-state index contributed by atoms with van der Waals surface area (Å²) >= 11 is 0. The zero-order valence-corrected chi connectivity index (χ0v) is 11.8. The van der Waals surface area contributed by atoms with Gasteiger partial charge in [0.2, 0.25) is 0 Å². The van der Waals surface area contributed by atoms with Gasteiger partial charge in [-0.3, -0.25) is 0 Å². The number of aliphatic hydroxyl groups excluding tert-OH is 1. The van der Waals surface area contributed by atoms with Crippen molar-refractivity contribution in [3.63, 3.8) is 0 Å². The Morgan fingerprint density at radius 3 is 2.50 bits per heavy atom. The van der Waals surface area contributed by atoms with Crippen molar-refractivity contribution in [3.8, 4) is 0 Å². The number of β-amino-alcohol motifs (C(OH)–C–C–N with tert-alkyl or cyclic N) is 1. The van der Waals surface area contributed by atoms with Crippen LogP contribution in [-0.2, 0) is 0 Å². The third kappa shape index (κ3) is 4.84. The fourth-order valence-electron chi connectivity index (χ4n) is 3.05. The molecular weight excluding hydrogens is 226 g/mol. The molecule has 2 heterocycles. The van der Waals surface area contributed by atoms with Crippen LogP contribution in [0, 0.1) is 5.92 Å². The highest BCUT2D eigenvalue weighted by molar-refractivity contribution is 4.74. The zero-order chi connectivity index (χ0) is 12.8. The lowest BCUT2D eigenvalue weighted by Crippen LogP contribution is -2.40. The lowest BCUT2D eigenvalue weighted by Gasteiger charge is -2.29. The average Bonchev–Trinajstić information content (AvgIpc) is 2.84. The van der Waals surface area contributed by atoms with Crippen LogP contribution in [0.1, 0.15) is 25.7 Å². The average molecular weight is 255 g/mol. The predicted octanol–water partition coefficient (Wildman–Crippen LogP) is 0.375. The number of aliphatic hydroxyl groups is 1. The molecule has 4 heteroatoms. The van der Waals surface area contributed by atoms with Crippen molar-refractivity contribution in [1.29, 1.82) is 0 Å². The Hall–Kier alpha value is -0.160. The molecule has 0 spiro atoms. The normalized spacial score (nSPS) is 25.7. The van der Waals surface area contributed by atoms with Gasteiger partial charge in [0.05, 0.1) is 6.10 Å². The summed E-state index contributed by atoms with van der Waals surface area (Å²) in [5.41, 5.74) is 0. The first-order valence-corrected chi connectivity index (χ1v) is 7.53. The van der Waals surface area contributed by atoms with Crippen molar-refractivity contribution >= 4 is 0 Å². The lowest BCUT2D eigenvalue weighted by atomic mass is 9.97. The fraction of sp³-hybridized carbons (Fsp3) is 1.00. The minimum atomic E-state index is -0.200. The van der Waals surface area contributed by atoms with Gasteiger partial charge in [-0.15, -0.1) is 0 Å². The quantitative estimate of drug-likeness (QED) is 0.719. The largest absolute Gasteiger partial charge is 0.390 e. The molecule has 1 atom stereocenters. The molecule has 0 aliphatic carbocycles. The van der Waals surface area contributed by atoms with Crippen LogP contribution in [0.25, 0.3) is 0 Å². The number of hydrogen-bond donors (Lipinski definition) is 2. The van der Waals surface area contributed by atoms with Gasteiger partial charge in [-0.05, 0) is 71.4 Å². The van der Waals surface area contributed by atoms with E-state index in [0.717, 1.165) is 25.6 Å². The number of nitrogens with zero attached hydrogens (tertiary/aromatic N) is 2. The highest BCUT2D eigenvalue weighted by atomic mass is 16.3. The second kappa shape index (κ2) is 7.43. The van der Waals surface area contributed by atoms with Gasteiger partial charge >= 0.3 is 0 Å². The molecule has 4 nitrogen and oxygen atoms in total. The summed E-state index contributed by atoms with van der Waals surface area (Å²) < 4.78 is 0. The van der Waals surface area contributed by atoms with Crippen LogP contribution in [0.15, 0.2) is 0 Å². The molecule has 0 saturated carbocycles. The number of hydrogen-bond acceptors (Lipinski definition) is 4. The molecule has 2 saturated heterocycles. The maximum atomic E-state index is 9.97. The topological polar surface area (TPSA) is 38.7 Å². The first kappa shape index (κ1) is 14.3. The Balaban J connectivity index is 1.51. The van der Waals surface area contributed by atoms with E-state index in [9.17, 15) is 5.11 Å². The molecule has 0 radical (unpaired) electrons. The molecule has 0 amide bonds. The van der Waals surface area contributed by atoms with Crippen molar-refractivity contribution in [2.24, 2.45) is 5.92 Å². The monoisotopic (exact) mass is 255 g/mol. The summed E-state index contributed by atoms with van der Waals surface area (Å²) in [7, 11) is 2.20. The highest BCUT2D eigenvalue weighted by Crippen LogP contribution is 2.14. The molecule has 2 aliphatic heterocycles. The van der Waals surface area contributed by atoms with Crippen LogP contribution in [0.4, 0.5) is 0 Å². The van der Waals surface area contributed by atoms with Gasteiger partial charge in [-0.1, -0.05) is 0 Å². The van der Waals surface area contributed by atoms with Crippen molar-refractivity contribution in [3.05, 3.63) is 0 Å². The highest BCUT2D eigenvalue weighted by Gasteiger charge is 2.18. The summed E-state index contributed by atoms with van der Waals surface area (Å²) in [6.45, 7) is 7.47. The molecule has 18 heavy (non-hydrogen) atoms. The maximum absolute atomic E-state index is 9.97. The van der Waals surface area contributed by atoms with E-state index in [1.807, 2.05) is 0 Å². The number of likely N-dealkylation sites (tertiary alicyclic amines) is 2. The molecule has 0 bridgehead atoms. The second-order valence-electron chi connectivity index (χ2n) is 6.07. The van der Waals surface area contributed by atoms with Gasteiger partial charge in [-0.25, -0.2) is 0 Å². The Morgan fingerprint density at radius 2 is 1.83 bits per heavy atom. The van der Waals surface area contributed by atoms with Crippen molar-refractivity contribution in [2.45, 2.75) is 31.8 Å². The molecule has 0 aromatic rings. The third-order valence-electron chi connectivity index (χ3n) is 4.32. The molecule has 2 rings (SSSR count). The van der Waals surface area contributed by atoms with Gasteiger partial charge in [0.1, 0.15) is 0 Å². The smallest absolute Gasteiger partial charge is 0.0791 e. The number of piperidine rings is 1. The summed E-state index contributed by atoms with van der Waals surface area (Å²) in [5, 5.41) is 13.4. The van der Waals surface area contributed by atoms with Gasteiger partial charge in [0.25, 0.3) is 0 Å². The predicted molar refractivity (Wildman–Crippen MR) is 74.8 cm³/mol. The van der Waals surface area contributed by atoms with E-state index in [1.165, 1.54) is 51.9 Å². The standard InChI is InChI=1S/C14H29N3O/c1-16-8-4-13(5-9-16)10-15-11-14(18)12-17-6-2-3-7-17/h13-15,18H,2-12H2,1H3. The number of rotatable bonds is 6. The van der Waals surface area contributed by atoms with E-state index in [2.05, 4.69) is 22.2 Å². The summed E-state index contributed by atoms with van der Waals surface area (Å²) in [6.07, 6.45) is 5.00. The van der Waals surface area contributed by atoms with E-state index in [4.69, 9.17) is 0 Å². The SMILES string of the molecule is CN1CCC(CNCC(O)CN2CCCC2)CC1. The van der Waals surface area contributed by atoms with Crippen LogP contribution >= 0.6 is 0 Å². The third-order valence-corrected chi connectivity index (χ3v) is 4.32. The van der Waals surface area contributed by atoms with Crippen LogP contribution < -0.4 is 5.32 Å². The zero-order valence-electron chi connectivity index (χ0n) is 11.8. The molecule has 2 fully saturated rings. The van der Waals surface area contributed by atoms with Crippen LogP contribution in [0.5, 0.6) is 0 Å². The van der Waals surface area contributed by atoms with Crippen LogP contribution in [0.2, 0.25) is 0 Å². The van der Waals surface area contributed by atoms with E-state index in [-0.39, 0.29) is 6.10 Å². The Kier molecular flexibility index (Phi) is 5.89. The van der Waals surface area contributed by atoms with Gasteiger partial charge < -0.3 is 20.2 Å². The fourth-order valence-corrected chi connectivity index (χ4v) is 3.05. The second-order valence-corrected chi connectivity index (χ2v) is 6.07. The van der Waals surface area contributed by atoms with Crippen LogP contribution in [0.3, 0.4) is 0 Å². The number of nitrogens with one attached hydrogen (secondary N) is 1. The molecule has 2 N–H and O–H groups in total. The summed E-state index contributed by atoms with van der Waals surface area (Å²) in [5.74, 6) is 0.806. The van der Waals surface area contributed by atoms with E-state index in [0.29, 0.717) is 0 Å². The van der Waals surface area contributed by atoms with Crippen LogP contribution in [-0.4, -0.2) is 73.9 Å². The van der Waals surface area contributed by atoms with Crippen molar-refractivity contribution < 1.29 is 5.11 Å². The minimum absolute atomic E-state index is 0.200. The summed E-state index contributed by atoms with van der Waals surface area (Å²) in [4.78, 5) is 4.78. The van der Waals surface area contributed by atoms with Gasteiger partial charge in [0.15, 0.2) is 0 Å². The molecule has 2 aliphatic rings. The Morgan fingerprint density at radius 1 is 1.17 bits per heavy atom. The Bertz CT molecular complexity index is 223.